The van der Waals surface area contributed by atoms with Crippen LogP contribution in [0.25, 0.3) is 0 Å². The highest BCUT2D eigenvalue weighted by molar-refractivity contribution is 7.09. The number of hydrogen-bond donors (Lipinski definition) is 1. The first-order valence-electron chi connectivity index (χ1n) is 7.12. The summed E-state index contributed by atoms with van der Waals surface area (Å²) in [5, 5.41) is 2.12. The van der Waals surface area contributed by atoms with Gasteiger partial charge in [0.1, 0.15) is 5.75 Å². The Kier molecular flexibility index (Phi) is 5.21. The van der Waals surface area contributed by atoms with Crippen LogP contribution in [0.5, 0.6) is 5.75 Å². The molecule has 3 heteroatoms. The maximum Gasteiger partial charge on any atom is 0.123 e. The molecule has 2 N–H and O–H groups in total. The Hall–Kier alpha value is -1.32. The molecule has 0 radical (unpaired) electrons. The third kappa shape index (κ3) is 3.41. The second kappa shape index (κ2) is 6.91. The highest BCUT2D eigenvalue weighted by Crippen LogP contribution is 2.32. The maximum atomic E-state index is 6.02. The third-order valence-electron chi connectivity index (χ3n) is 3.68. The minimum absolute atomic E-state index is 0.314. The van der Waals surface area contributed by atoms with Gasteiger partial charge in [-0.05, 0) is 67.9 Å². The summed E-state index contributed by atoms with van der Waals surface area (Å²) < 4.78 is 5.82. The van der Waals surface area contributed by atoms with E-state index in [1.165, 1.54) is 21.6 Å². The molecule has 1 atom stereocenters. The van der Waals surface area contributed by atoms with Crippen LogP contribution in [-0.4, -0.2) is 13.2 Å². The quantitative estimate of drug-likeness (QED) is 0.870. The molecule has 1 aromatic carbocycles. The van der Waals surface area contributed by atoms with E-state index in [0.717, 1.165) is 12.2 Å². The topological polar surface area (TPSA) is 35.2 Å². The fraction of sp³-hybridized carbons (Fsp3) is 0.412. The van der Waals surface area contributed by atoms with Crippen LogP contribution in [0.3, 0.4) is 0 Å². The molecule has 2 rings (SSSR count). The first kappa shape index (κ1) is 15.1. The van der Waals surface area contributed by atoms with Gasteiger partial charge in [-0.2, -0.15) is 0 Å². The molecule has 1 aromatic heterocycles. The maximum absolute atomic E-state index is 6.02. The van der Waals surface area contributed by atoms with Crippen molar-refractivity contribution in [2.75, 3.05) is 13.2 Å². The average molecular weight is 289 g/mol. The molecule has 0 saturated carbocycles. The molecule has 0 bridgehead atoms. The molecule has 1 unspecified atom stereocenters. The molecule has 2 aromatic rings. The smallest absolute Gasteiger partial charge is 0.123 e. The highest BCUT2D eigenvalue weighted by atomic mass is 32.1. The minimum atomic E-state index is 0.314. The van der Waals surface area contributed by atoms with Gasteiger partial charge in [0.25, 0.3) is 0 Å². The molecule has 0 aliphatic heterocycles. The van der Waals surface area contributed by atoms with Crippen LogP contribution in [-0.2, 0) is 6.42 Å². The molecule has 0 saturated heterocycles. The number of benzene rings is 1. The lowest BCUT2D eigenvalue weighted by molar-refractivity contribution is 0.333. The van der Waals surface area contributed by atoms with Crippen LogP contribution < -0.4 is 10.5 Å². The molecule has 0 fully saturated rings. The van der Waals surface area contributed by atoms with Gasteiger partial charge < -0.3 is 10.5 Å². The van der Waals surface area contributed by atoms with Crippen molar-refractivity contribution in [3.8, 4) is 5.75 Å². The van der Waals surface area contributed by atoms with Gasteiger partial charge in [-0.1, -0.05) is 12.1 Å². The van der Waals surface area contributed by atoms with Gasteiger partial charge in [0.2, 0.25) is 0 Å². The molecular formula is C17H23NOS. The molecule has 1 heterocycles. The summed E-state index contributed by atoms with van der Waals surface area (Å²) in [4.78, 5) is 1.38. The molecule has 0 aliphatic rings. The Labute approximate surface area is 125 Å². The van der Waals surface area contributed by atoms with E-state index >= 15 is 0 Å². The van der Waals surface area contributed by atoms with Crippen molar-refractivity contribution < 1.29 is 4.74 Å². The number of ether oxygens (including phenoxy) is 1. The number of rotatable bonds is 6. The third-order valence-corrected chi connectivity index (χ3v) is 4.58. The Balaban J connectivity index is 2.34. The largest absolute Gasteiger partial charge is 0.494 e. The summed E-state index contributed by atoms with van der Waals surface area (Å²) >= 11 is 1.79. The fourth-order valence-corrected chi connectivity index (χ4v) is 3.19. The van der Waals surface area contributed by atoms with Crippen molar-refractivity contribution in [2.45, 2.75) is 33.1 Å². The van der Waals surface area contributed by atoms with E-state index in [0.29, 0.717) is 19.1 Å². The van der Waals surface area contributed by atoms with Gasteiger partial charge in [-0.15, -0.1) is 11.3 Å². The lowest BCUT2D eigenvalue weighted by Crippen LogP contribution is -2.16. The lowest BCUT2D eigenvalue weighted by Gasteiger charge is -2.20. The fourth-order valence-electron chi connectivity index (χ4n) is 2.40. The first-order chi connectivity index (χ1) is 9.65. The summed E-state index contributed by atoms with van der Waals surface area (Å²) in [6.45, 7) is 7.62. The van der Waals surface area contributed by atoms with Gasteiger partial charge in [0.05, 0.1) is 6.61 Å². The molecule has 108 valence electrons. The van der Waals surface area contributed by atoms with E-state index in [1.54, 1.807) is 11.3 Å². The van der Waals surface area contributed by atoms with Crippen LogP contribution in [0.2, 0.25) is 0 Å². The predicted octanol–water partition coefficient (Wildman–Crippen LogP) is 4.05. The van der Waals surface area contributed by atoms with Gasteiger partial charge in [0, 0.05) is 10.8 Å². The van der Waals surface area contributed by atoms with E-state index < -0.39 is 0 Å². The SMILES string of the molecule is CCOc1cc(C)c(C)cc1C(CN)Cc1cccs1. The van der Waals surface area contributed by atoms with Crippen LogP contribution in [0.1, 0.15) is 34.4 Å². The van der Waals surface area contributed by atoms with Crippen molar-refractivity contribution in [1.29, 1.82) is 0 Å². The standard InChI is InChI=1S/C17H23NOS/c1-4-19-17-9-13(3)12(2)8-16(17)14(11-18)10-15-6-5-7-20-15/h5-9,14H,4,10-11,18H2,1-3H3. The van der Waals surface area contributed by atoms with Gasteiger partial charge in [-0.3, -0.25) is 0 Å². The van der Waals surface area contributed by atoms with Crippen molar-refractivity contribution in [3.63, 3.8) is 0 Å². The van der Waals surface area contributed by atoms with Gasteiger partial charge in [-0.25, -0.2) is 0 Å². The van der Waals surface area contributed by atoms with Crippen molar-refractivity contribution in [2.24, 2.45) is 5.73 Å². The molecule has 20 heavy (non-hydrogen) atoms. The van der Waals surface area contributed by atoms with E-state index in [-0.39, 0.29) is 0 Å². The zero-order valence-corrected chi connectivity index (χ0v) is 13.3. The number of thiophene rings is 1. The zero-order chi connectivity index (χ0) is 14.5. The van der Waals surface area contributed by atoms with Crippen molar-refractivity contribution in [3.05, 3.63) is 51.2 Å². The van der Waals surface area contributed by atoms with Crippen LogP contribution in [0.4, 0.5) is 0 Å². The Bertz CT molecular complexity index is 548. The minimum Gasteiger partial charge on any atom is -0.494 e. The molecular weight excluding hydrogens is 266 g/mol. The van der Waals surface area contributed by atoms with Gasteiger partial charge in [0.15, 0.2) is 0 Å². The Morgan fingerprint density at radius 1 is 1.25 bits per heavy atom. The van der Waals surface area contributed by atoms with Crippen molar-refractivity contribution in [1.82, 2.24) is 0 Å². The average Bonchev–Trinajstić information content (AvgIpc) is 2.93. The van der Waals surface area contributed by atoms with Crippen LogP contribution >= 0.6 is 11.3 Å². The molecule has 0 spiro atoms. The molecule has 0 aliphatic carbocycles. The summed E-state index contributed by atoms with van der Waals surface area (Å²) in [6, 6.07) is 8.66. The summed E-state index contributed by atoms with van der Waals surface area (Å²) in [5.41, 5.74) is 9.83. The number of aryl methyl sites for hydroxylation is 2. The zero-order valence-electron chi connectivity index (χ0n) is 12.5. The number of nitrogens with two attached hydrogens (primary N) is 1. The van der Waals surface area contributed by atoms with Crippen molar-refractivity contribution >= 4 is 11.3 Å². The first-order valence-corrected chi connectivity index (χ1v) is 8.00. The lowest BCUT2D eigenvalue weighted by atomic mass is 9.91. The normalized spacial score (nSPS) is 12.4. The second-order valence-corrected chi connectivity index (χ2v) is 6.16. The highest BCUT2D eigenvalue weighted by Gasteiger charge is 2.17. The summed E-state index contributed by atoms with van der Waals surface area (Å²) in [5.74, 6) is 1.30. The van der Waals surface area contributed by atoms with Gasteiger partial charge >= 0.3 is 0 Å². The van der Waals surface area contributed by atoms with E-state index in [2.05, 4.69) is 43.5 Å². The van der Waals surface area contributed by atoms with E-state index in [9.17, 15) is 0 Å². The molecule has 2 nitrogen and oxygen atoms in total. The summed E-state index contributed by atoms with van der Waals surface area (Å²) in [6.07, 6.45) is 0.983. The van der Waals surface area contributed by atoms with E-state index in [4.69, 9.17) is 10.5 Å². The van der Waals surface area contributed by atoms with Crippen LogP contribution in [0, 0.1) is 13.8 Å². The number of hydrogen-bond acceptors (Lipinski definition) is 3. The predicted molar refractivity (Wildman–Crippen MR) is 86.9 cm³/mol. The van der Waals surface area contributed by atoms with Crippen LogP contribution in [0.15, 0.2) is 29.6 Å². The monoisotopic (exact) mass is 289 g/mol. The van der Waals surface area contributed by atoms with E-state index in [1.807, 2.05) is 6.92 Å². The Morgan fingerprint density at radius 2 is 2.00 bits per heavy atom. The second-order valence-electron chi connectivity index (χ2n) is 5.12. The summed E-state index contributed by atoms with van der Waals surface area (Å²) in [7, 11) is 0. The molecule has 0 amide bonds. The Morgan fingerprint density at radius 3 is 2.60 bits per heavy atom.